The number of hydrogen-bond acceptors (Lipinski definition) is 4. The van der Waals surface area contributed by atoms with Crippen LogP contribution in [0.1, 0.15) is 24.5 Å². The molecule has 0 saturated carbocycles. The summed E-state index contributed by atoms with van der Waals surface area (Å²) in [5.74, 6) is -0.573. The zero-order chi connectivity index (χ0) is 15.3. The molecular formula is C15H21FN2O3. The quantitative estimate of drug-likeness (QED) is 0.750. The summed E-state index contributed by atoms with van der Waals surface area (Å²) in [6.45, 7) is 1.52. The fourth-order valence-corrected chi connectivity index (χ4v) is 2.51. The van der Waals surface area contributed by atoms with Gasteiger partial charge in [-0.25, -0.2) is 4.39 Å². The van der Waals surface area contributed by atoms with Crippen molar-refractivity contribution in [2.24, 2.45) is 0 Å². The number of hydrogen-bond donors (Lipinski definition) is 3. The van der Waals surface area contributed by atoms with Gasteiger partial charge in [-0.1, -0.05) is 12.1 Å². The molecule has 1 heterocycles. The Bertz CT molecular complexity index is 472. The Morgan fingerprint density at radius 1 is 1.43 bits per heavy atom. The van der Waals surface area contributed by atoms with Gasteiger partial charge in [-0.3, -0.25) is 4.79 Å². The molecule has 0 unspecified atom stereocenters. The van der Waals surface area contributed by atoms with Crippen LogP contribution in [0.4, 0.5) is 4.39 Å². The molecule has 0 spiro atoms. The molecule has 0 radical (unpaired) electrons. The van der Waals surface area contributed by atoms with Crippen LogP contribution in [0.2, 0.25) is 0 Å². The zero-order valence-electron chi connectivity index (χ0n) is 12.1. The number of carbonyl (C=O) groups excluding carboxylic acids is 1. The van der Waals surface area contributed by atoms with Crippen LogP contribution in [0.15, 0.2) is 24.3 Å². The molecule has 1 aromatic rings. The van der Waals surface area contributed by atoms with Crippen molar-refractivity contribution in [3.63, 3.8) is 0 Å². The first-order valence-electron chi connectivity index (χ1n) is 7.05. The minimum Gasteiger partial charge on any atom is -0.387 e. The summed E-state index contributed by atoms with van der Waals surface area (Å²) in [5.41, 5.74) is -0.262. The van der Waals surface area contributed by atoms with Gasteiger partial charge in [0.15, 0.2) is 0 Å². The molecule has 1 aromatic carbocycles. The van der Waals surface area contributed by atoms with E-state index in [1.165, 1.54) is 31.4 Å². The SMILES string of the molecule is COC1(C(=O)NC[C@H](O)c2ccc(F)cc2)CCNCC1. The van der Waals surface area contributed by atoms with Gasteiger partial charge in [-0.15, -0.1) is 0 Å². The van der Waals surface area contributed by atoms with E-state index in [0.29, 0.717) is 18.4 Å². The first kappa shape index (κ1) is 15.9. The number of methoxy groups -OCH3 is 1. The number of halogens is 1. The van der Waals surface area contributed by atoms with E-state index in [1.54, 1.807) is 0 Å². The molecule has 2 rings (SSSR count). The Labute approximate surface area is 123 Å². The summed E-state index contributed by atoms with van der Waals surface area (Å²) in [6.07, 6.45) is 0.328. The average Bonchev–Trinajstić information content (AvgIpc) is 2.53. The summed E-state index contributed by atoms with van der Waals surface area (Å²) in [4.78, 5) is 12.3. The Kier molecular flexibility index (Phi) is 5.27. The van der Waals surface area contributed by atoms with Crippen molar-refractivity contribution in [1.82, 2.24) is 10.6 Å². The van der Waals surface area contributed by atoms with Gasteiger partial charge >= 0.3 is 0 Å². The predicted octanol–water partition coefficient (Wildman–Crippen LogP) is 0.744. The second kappa shape index (κ2) is 6.98. The van der Waals surface area contributed by atoms with E-state index in [2.05, 4.69) is 10.6 Å². The highest BCUT2D eigenvalue weighted by Gasteiger charge is 2.39. The van der Waals surface area contributed by atoms with E-state index in [0.717, 1.165) is 13.1 Å². The van der Waals surface area contributed by atoms with Gasteiger partial charge in [0.2, 0.25) is 0 Å². The van der Waals surface area contributed by atoms with Crippen molar-refractivity contribution in [2.75, 3.05) is 26.7 Å². The molecule has 21 heavy (non-hydrogen) atoms. The van der Waals surface area contributed by atoms with Crippen LogP contribution in [0.3, 0.4) is 0 Å². The Morgan fingerprint density at radius 3 is 2.62 bits per heavy atom. The molecule has 0 aromatic heterocycles. The molecule has 6 heteroatoms. The Morgan fingerprint density at radius 2 is 2.05 bits per heavy atom. The molecule has 1 aliphatic rings. The molecule has 0 bridgehead atoms. The second-order valence-electron chi connectivity index (χ2n) is 5.23. The summed E-state index contributed by atoms with van der Waals surface area (Å²) in [7, 11) is 1.53. The van der Waals surface area contributed by atoms with Gasteiger partial charge in [0.05, 0.1) is 6.10 Å². The highest BCUT2D eigenvalue weighted by atomic mass is 19.1. The van der Waals surface area contributed by atoms with Crippen LogP contribution in [-0.2, 0) is 9.53 Å². The van der Waals surface area contributed by atoms with Gasteiger partial charge < -0.3 is 20.5 Å². The van der Waals surface area contributed by atoms with Crippen LogP contribution in [0.25, 0.3) is 0 Å². The van der Waals surface area contributed by atoms with E-state index < -0.39 is 11.7 Å². The molecule has 1 aliphatic heterocycles. The molecule has 116 valence electrons. The molecule has 1 fully saturated rings. The highest BCUT2D eigenvalue weighted by molar-refractivity contribution is 5.85. The fraction of sp³-hybridized carbons (Fsp3) is 0.533. The lowest BCUT2D eigenvalue weighted by Crippen LogP contribution is -2.54. The van der Waals surface area contributed by atoms with E-state index in [1.807, 2.05) is 0 Å². The molecule has 3 N–H and O–H groups in total. The van der Waals surface area contributed by atoms with E-state index in [9.17, 15) is 14.3 Å². The lowest BCUT2D eigenvalue weighted by molar-refractivity contribution is -0.147. The standard InChI is InChI=1S/C15H21FN2O3/c1-21-15(6-8-17-9-7-15)14(20)18-10-13(19)11-2-4-12(16)5-3-11/h2-5,13,17,19H,6-10H2,1H3,(H,18,20)/t13-/m0/s1. The smallest absolute Gasteiger partial charge is 0.252 e. The number of piperidine rings is 1. The van der Waals surface area contributed by atoms with Crippen molar-refractivity contribution in [2.45, 2.75) is 24.5 Å². The number of benzene rings is 1. The summed E-state index contributed by atoms with van der Waals surface area (Å²) in [6, 6.07) is 5.57. The molecular weight excluding hydrogens is 275 g/mol. The molecule has 0 aliphatic carbocycles. The molecule has 1 amide bonds. The van der Waals surface area contributed by atoms with Crippen LogP contribution in [0, 0.1) is 5.82 Å². The van der Waals surface area contributed by atoms with Crippen LogP contribution in [0.5, 0.6) is 0 Å². The Hall–Kier alpha value is -1.50. The first-order chi connectivity index (χ1) is 10.1. The van der Waals surface area contributed by atoms with Crippen LogP contribution in [-0.4, -0.2) is 43.4 Å². The third-order valence-electron chi connectivity index (χ3n) is 3.93. The van der Waals surface area contributed by atoms with Crippen molar-refractivity contribution < 1.29 is 19.0 Å². The van der Waals surface area contributed by atoms with Crippen LogP contribution >= 0.6 is 0 Å². The number of carbonyl (C=O) groups is 1. The largest absolute Gasteiger partial charge is 0.387 e. The van der Waals surface area contributed by atoms with Gasteiger partial charge in [-0.05, 0) is 43.6 Å². The third-order valence-corrected chi connectivity index (χ3v) is 3.93. The molecule has 5 nitrogen and oxygen atoms in total. The second-order valence-corrected chi connectivity index (χ2v) is 5.23. The topological polar surface area (TPSA) is 70.6 Å². The third kappa shape index (κ3) is 3.78. The number of aliphatic hydroxyl groups excluding tert-OH is 1. The zero-order valence-corrected chi connectivity index (χ0v) is 12.1. The fourth-order valence-electron chi connectivity index (χ4n) is 2.51. The summed E-state index contributed by atoms with van der Waals surface area (Å²) >= 11 is 0. The summed E-state index contributed by atoms with van der Waals surface area (Å²) in [5, 5.41) is 15.9. The maximum atomic E-state index is 12.8. The number of aliphatic hydroxyl groups is 1. The van der Waals surface area contributed by atoms with Crippen molar-refractivity contribution in [1.29, 1.82) is 0 Å². The summed E-state index contributed by atoms with van der Waals surface area (Å²) < 4.78 is 18.2. The highest BCUT2D eigenvalue weighted by Crippen LogP contribution is 2.23. The normalized spacial score (nSPS) is 19.0. The molecule has 1 atom stereocenters. The van der Waals surface area contributed by atoms with Crippen LogP contribution < -0.4 is 10.6 Å². The minimum atomic E-state index is -0.870. The monoisotopic (exact) mass is 296 g/mol. The number of ether oxygens (including phenoxy) is 1. The van der Waals surface area contributed by atoms with Gasteiger partial charge in [-0.2, -0.15) is 0 Å². The number of nitrogens with one attached hydrogen (secondary N) is 2. The van der Waals surface area contributed by atoms with E-state index in [4.69, 9.17) is 4.74 Å². The van der Waals surface area contributed by atoms with E-state index in [-0.39, 0.29) is 18.3 Å². The maximum absolute atomic E-state index is 12.8. The van der Waals surface area contributed by atoms with Gasteiger partial charge in [0, 0.05) is 13.7 Å². The predicted molar refractivity (Wildman–Crippen MR) is 76.2 cm³/mol. The average molecular weight is 296 g/mol. The van der Waals surface area contributed by atoms with Crippen molar-refractivity contribution in [3.05, 3.63) is 35.6 Å². The maximum Gasteiger partial charge on any atom is 0.252 e. The van der Waals surface area contributed by atoms with Crippen molar-refractivity contribution in [3.8, 4) is 0 Å². The van der Waals surface area contributed by atoms with Gasteiger partial charge in [0.25, 0.3) is 5.91 Å². The Balaban J connectivity index is 1.92. The van der Waals surface area contributed by atoms with Gasteiger partial charge in [0.1, 0.15) is 11.4 Å². The number of rotatable bonds is 5. The number of amides is 1. The molecule has 1 saturated heterocycles. The lowest BCUT2D eigenvalue weighted by atomic mass is 9.91. The minimum absolute atomic E-state index is 0.0724. The van der Waals surface area contributed by atoms with Crippen molar-refractivity contribution >= 4 is 5.91 Å². The van der Waals surface area contributed by atoms with E-state index >= 15 is 0 Å². The first-order valence-corrected chi connectivity index (χ1v) is 7.05. The lowest BCUT2D eigenvalue weighted by Gasteiger charge is -2.35.